The predicted octanol–water partition coefficient (Wildman–Crippen LogP) is 3.32. The Labute approximate surface area is 125 Å². The maximum absolute atomic E-state index is 7.95. The van der Waals surface area contributed by atoms with Crippen molar-refractivity contribution in [2.24, 2.45) is 17.6 Å². The third-order valence-electron chi connectivity index (χ3n) is 4.19. The third-order valence-corrected chi connectivity index (χ3v) is 4.97. The topological polar surface area (TPSA) is 53.1 Å². The summed E-state index contributed by atoms with van der Waals surface area (Å²) in [6, 6.07) is 6.30. The quantitative estimate of drug-likeness (QED) is 0.460. The fourth-order valence-corrected chi connectivity index (χ4v) is 3.35. The predicted molar refractivity (Wildman–Crippen MR) is 86.9 cm³/mol. The fourth-order valence-electron chi connectivity index (χ4n) is 2.72. The van der Waals surface area contributed by atoms with Gasteiger partial charge >= 0.3 is 0 Å². The molecule has 0 atom stereocenters. The first-order valence-electron chi connectivity index (χ1n) is 7.45. The van der Waals surface area contributed by atoms with Crippen molar-refractivity contribution in [1.82, 2.24) is 0 Å². The van der Waals surface area contributed by atoms with Gasteiger partial charge in [0, 0.05) is 23.7 Å². The van der Waals surface area contributed by atoms with Crippen LogP contribution in [0.5, 0.6) is 0 Å². The molecule has 1 aromatic rings. The molecule has 0 radical (unpaired) electrons. The summed E-state index contributed by atoms with van der Waals surface area (Å²) < 4.78 is 0. The molecule has 3 rings (SSSR count). The lowest BCUT2D eigenvalue weighted by Crippen LogP contribution is -2.30. The van der Waals surface area contributed by atoms with Gasteiger partial charge in [-0.05, 0) is 55.9 Å². The molecule has 3 nitrogen and oxygen atoms in total. The molecule has 0 amide bonds. The van der Waals surface area contributed by atoms with Crippen LogP contribution in [0.2, 0.25) is 0 Å². The molecule has 1 aromatic carbocycles. The number of nitrogens with one attached hydrogen (secondary N) is 1. The van der Waals surface area contributed by atoms with Gasteiger partial charge in [-0.1, -0.05) is 6.07 Å². The maximum Gasteiger partial charge on any atom is 0.126 e. The lowest BCUT2D eigenvalue weighted by atomic mass is 10.1. The van der Waals surface area contributed by atoms with E-state index in [1.54, 1.807) is 11.8 Å². The normalized spacial score (nSPS) is 18.1. The zero-order chi connectivity index (χ0) is 14.1. The van der Waals surface area contributed by atoms with Gasteiger partial charge in [0.15, 0.2) is 0 Å². The standard InChI is InChI=1S/C16H23N3S/c1-20-14-4-2-3-13(15(14)16(17)18)19(9-11-5-6-11)10-12-7-8-12/h2-4,11-12H,5-10H2,1H3,(H3,17,18). The molecule has 2 saturated carbocycles. The van der Waals surface area contributed by atoms with Gasteiger partial charge in [0.2, 0.25) is 0 Å². The molecular formula is C16H23N3S. The minimum atomic E-state index is 0.196. The Morgan fingerprint density at radius 3 is 2.30 bits per heavy atom. The summed E-state index contributed by atoms with van der Waals surface area (Å²) in [4.78, 5) is 3.61. The Morgan fingerprint density at radius 1 is 1.25 bits per heavy atom. The molecule has 0 heterocycles. The van der Waals surface area contributed by atoms with Gasteiger partial charge in [-0.25, -0.2) is 0 Å². The second-order valence-corrected chi connectivity index (χ2v) is 6.91. The number of hydrogen-bond donors (Lipinski definition) is 2. The number of benzene rings is 1. The van der Waals surface area contributed by atoms with Gasteiger partial charge in [-0.2, -0.15) is 0 Å². The van der Waals surface area contributed by atoms with Crippen LogP contribution in [-0.2, 0) is 0 Å². The Hall–Kier alpha value is -1.16. The summed E-state index contributed by atoms with van der Waals surface area (Å²) >= 11 is 1.68. The largest absolute Gasteiger partial charge is 0.384 e. The van der Waals surface area contributed by atoms with Crippen LogP contribution in [0.4, 0.5) is 5.69 Å². The number of amidine groups is 1. The summed E-state index contributed by atoms with van der Waals surface area (Å²) in [5, 5.41) is 7.95. The second kappa shape index (κ2) is 5.68. The van der Waals surface area contributed by atoms with Crippen molar-refractivity contribution in [2.75, 3.05) is 24.2 Å². The van der Waals surface area contributed by atoms with Crippen molar-refractivity contribution >= 4 is 23.3 Å². The number of anilines is 1. The molecule has 0 saturated heterocycles. The van der Waals surface area contributed by atoms with E-state index >= 15 is 0 Å². The van der Waals surface area contributed by atoms with E-state index in [2.05, 4.69) is 29.4 Å². The highest BCUT2D eigenvalue weighted by Crippen LogP contribution is 2.38. The van der Waals surface area contributed by atoms with Crippen molar-refractivity contribution in [2.45, 2.75) is 30.6 Å². The van der Waals surface area contributed by atoms with E-state index in [1.807, 2.05) is 0 Å². The summed E-state index contributed by atoms with van der Waals surface area (Å²) in [5.41, 5.74) is 7.97. The van der Waals surface area contributed by atoms with Crippen molar-refractivity contribution < 1.29 is 0 Å². The highest BCUT2D eigenvalue weighted by molar-refractivity contribution is 7.98. The molecule has 4 heteroatoms. The zero-order valence-corrected chi connectivity index (χ0v) is 12.9. The number of rotatable bonds is 7. The molecule has 0 spiro atoms. The van der Waals surface area contributed by atoms with Crippen LogP contribution in [0.1, 0.15) is 31.2 Å². The first-order valence-corrected chi connectivity index (χ1v) is 8.68. The highest BCUT2D eigenvalue weighted by Gasteiger charge is 2.30. The first-order chi connectivity index (χ1) is 9.69. The van der Waals surface area contributed by atoms with Gasteiger partial charge in [0.25, 0.3) is 0 Å². The number of nitrogens with zero attached hydrogens (tertiary/aromatic N) is 1. The number of nitrogen functional groups attached to an aromatic ring is 1. The van der Waals surface area contributed by atoms with E-state index in [4.69, 9.17) is 11.1 Å². The average molecular weight is 289 g/mol. The molecule has 0 bridgehead atoms. The molecule has 0 unspecified atom stereocenters. The zero-order valence-electron chi connectivity index (χ0n) is 12.1. The van der Waals surface area contributed by atoms with Crippen LogP contribution in [0.25, 0.3) is 0 Å². The second-order valence-electron chi connectivity index (χ2n) is 6.06. The molecule has 0 aromatic heterocycles. The van der Waals surface area contributed by atoms with E-state index in [1.165, 1.54) is 31.4 Å². The van der Waals surface area contributed by atoms with Crippen LogP contribution in [0, 0.1) is 17.2 Å². The van der Waals surface area contributed by atoms with Gasteiger partial charge in [0.1, 0.15) is 5.84 Å². The molecular weight excluding hydrogens is 266 g/mol. The molecule has 3 N–H and O–H groups in total. The average Bonchev–Trinajstić information content (AvgIpc) is 3.32. The molecule has 2 aliphatic rings. The molecule has 0 aliphatic heterocycles. The van der Waals surface area contributed by atoms with Crippen LogP contribution in [0.15, 0.2) is 23.1 Å². The molecule has 20 heavy (non-hydrogen) atoms. The van der Waals surface area contributed by atoms with Gasteiger partial charge in [-0.3, -0.25) is 5.41 Å². The Kier molecular flexibility index (Phi) is 3.92. The summed E-state index contributed by atoms with van der Waals surface area (Å²) in [6.45, 7) is 2.27. The van der Waals surface area contributed by atoms with Crippen LogP contribution in [0.3, 0.4) is 0 Å². The van der Waals surface area contributed by atoms with E-state index in [9.17, 15) is 0 Å². The number of nitrogens with two attached hydrogens (primary N) is 1. The van der Waals surface area contributed by atoms with Gasteiger partial charge in [0.05, 0.1) is 5.56 Å². The van der Waals surface area contributed by atoms with E-state index in [0.29, 0.717) is 0 Å². The third kappa shape index (κ3) is 3.11. The summed E-state index contributed by atoms with van der Waals surface area (Å²) in [7, 11) is 0. The number of thioether (sulfide) groups is 1. The van der Waals surface area contributed by atoms with Crippen molar-refractivity contribution in [3.05, 3.63) is 23.8 Å². The van der Waals surface area contributed by atoms with Crippen molar-refractivity contribution in [3.8, 4) is 0 Å². The summed E-state index contributed by atoms with van der Waals surface area (Å²) in [5.74, 6) is 1.90. The van der Waals surface area contributed by atoms with Crippen molar-refractivity contribution in [3.63, 3.8) is 0 Å². The first kappa shape index (κ1) is 13.8. The van der Waals surface area contributed by atoms with E-state index in [-0.39, 0.29) is 5.84 Å². The lowest BCUT2D eigenvalue weighted by Gasteiger charge is -2.28. The monoisotopic (exact) mass is 289 g/mol. The summed E-state index contributed by atoms with van der Waals surface area (Å²) in [6.07, 6.45) is 7.49. The van der Waals surface area contributed by atoms with Crippen LogP contribution < -0.4 is 10.6 Å². The number of hydrogen-bond acceptors (Lipinski definition) is 3. The van der Waals surface area contributed by atoms with Crippen LogP contribution >= 0.6 is 11.8 Å². The highest BCUT2D eigenvalue weighted by atomic mass is 32.2. The molecule has 2 fully saturated rings. The molecule has 2 aliphatic carbocycles. The van der Waals surface area contributed by atoms with Crippen LogP contribution in [-0.4, -0.2) is 25.2 Å². The van der Waals surface area contributed by atoms with E-state index in [0.717, 1.165) is 35.4 Å². The smallest absolute Gasteiger partial charge is 0.126 e. The minimum absolute atomic E-state index is 0.196. The molecule has 108 valence electrons. The van der Waals surface area contributed by atoms with Crippen molar-refractivity contribution in [1.29, 1.82) is 5.41 Å². The SMILES string of the molecule is CSc1cccc(N(CC2CC2)CC2CC2)c1C(=N)N. The minimum Gasteiger partial charge on any atom is -0.384 e. The Bertz CT molecular complexity index is 492. The van der Waals surface area contributed by atoms with Gasteiger partial charge < -0.3 is 10.6 Å². The van der Waals surface area contributed by atoms with E-state index < -0.39 is 0 Å². The Balaban J connectivity index is 1.92. The lowest BCUT2D eigenvalue weighted by molar-refractivity contribution is 0.678. The fraction of sp³-hybridized carbons (Fsp3) is 0.562. The van der Waals surface area contributed by atoms with Gasteiger partial charge in [-0.15, -0.1) is 11.8 Å². The maximum atomic E-state index is 7.95. The Morgan fingerprint density at radius 2 is 1.85 bits per heavy atom.